The van der Waals surface area contributed by atoms with Gasteiger partial charge in [-0.05, 0) is 37.5 Å². The monoisotopic (exact) mass is 349 g/mol. The summed E-state index contributed by atoms with van der Waals surface area (Å²) in [6.07, 6.45) is 0.863. The van der Waals surface area contributed by atoms with E-state index in [1.165, 1.54) is 12.0 Å². The molecular weight excluding hydrogens is 329 g/mol. The van der Waals surface area contributed by atoms with Crippen LogP contribution in [0.5, 0.6) is 5.75 Å². The van der Waals surface area contributed by atoms with Crippen LogP contribution in [-0.4, -0.2) is 18.9 Å². The molecule has 0 aliphatic carbocycles. The number of rotatable bonds is 7. The van der Waals surface area contributed by atoms with Crippen LogP contribution in [0.1, 0.15) is 13.3 Å². The van der Waals surface area contributed by atoms with Crippen LogP contribution in [0.2, 0.25) is 0 Å². The molecule has 0 fully saturated rings. The van der Waals surface area contributed by atoms with E-state index in [9.17, 15) is 4.57 Å². The third kappa shape index (κ3) is 3.64. The lowest BCUT2D eigenvalue weighted by molar-refractivity contribution is 0.401. The van der Waals surface area contributed by atoms with E-state index in [1.807, 2.05) is 55.5 Å². The first kappa shape index (κ1) is 16.6. The Hall–Kier alpha value is -1.26. The number of para-hydroxylation sites is 1. The zero-order chi connectivity index (χ0) is 16.1. The molecule has 0 amide bonds. The van der Waals surface area contributed by atoms with Gasteiger partial charge in [0.1, 0.15) is 5.75 Å². The molecule has 23 heavy (non-hydrogen) atoms. The first-order valence-corrected chi connectivity index (χ1v) is 10.3. The molecule has 4 nitrogen and oxygen atoms in total. The van der Waals surface area contributed by atoms with E-state index in [-0.39, 0.29) is 0 Å². The van der Waals surface area contributed by atoms with Crippen molar-refractivity contribution in [3.05, 3.63) is 48.5 Å². The van der Waals surface area contributed by atoms with Crippen molar-refractivity contribution in [3.8, 4) is 16.9 Å². The number of benzene rings is 2. The maximum absolute atomic E-state index is 13.3. The second kappa shape index (κ2) is 7.54. The fourth-order valence-corrected chi connectivity index (χ4v) is 5.09. The van der Waals surface area contributed by atoms with E-state index < -0.39 is 7.52 Å². The van der Waals surface area contributed by atoms with Gasteiger partial charge in [-0.15, -0.1) is 0 Å². The Bertz CT molecular complexity index is 722. The minimum absolute atomic E-state index is 0.619. The van der Waals surface area contributed by atoms with Crippen LogP contribution in [0, 0.1) is 0 Å². The van der Waals surface area contributed by atoms with E-state index in [1.54, 1.807) is 0 Å². The Morgan fingerprint density at radius 3 is 2.70 bits per heavy atom. The zero-order valence-corrected chi connectivity index (χ0v) is 14.7. The molecule has 3 rings (SSSR count). The second-order valence-electron chi connectivity index (χ2n) is 5.15. The maximum Gasteiger partial charge on any atom is 0.347 e. The normalized spacial score (nSPS) is 18.8. The summed E-state index contributed by atoms with van der Waals surface area (Å²) in [6, 6.07) is 15.5. The molecule has 0 aromatic heterocycles. The van der Waals surface area contributed by atoms with Crippen molar-refractivity contribution < 1.29 is 13.3 Å². The Morgan fingerprint density at radius 1 is 1.13 bits per heavy atom. The molecule has 6 heteroatoms. The largest absolute Gasteiger partial charge is 0.429 e. The maximum atomic E-state index is 13.3. The first-order chi connectivity index (χ1) is 11.2. The van der Waals surface area contributed by atoms with Gasteiger partial charge in [0.15, 0.2) is 0 Å². The lowest BCUT2D eigenvalue weighted by Crippen LogP contribution is -2.28. The van der Waals surface area contributed by atoms with Gasteiger partial charge in [-0.3, -0.25) is 4.57 Å². The second-order valence-corrected chi connectivity index (χ2v) is 8.11. The molecule has 1 N–H and O–H groups in total. The van der Waals surface area contributed by atoms with E-state index >= 15 is 0 Å². The highest BCUT2D eigenvalue weighted by molar-refractivity contribution is 7.94. The molecule has 2 aromatic carbocycles. The van der Waals surface area contributed by atoms with Gasteiger partial charge in [-0.2, -0.15) is 0 Å². The molecule has 0 saturated heterocycles. The number of fused-ring (bicyclic) bond motifs is 3. The van der Waals surface area contributed by atoms with Gasteiger partial charge in [-0.1, -0.05) is 36.4 Å². The van der Waals surface area contributed by atoms with Crippen LogP contribution in [0.3, 0.4) is 0 Å². The fourth-order valence-electron chi connectivity index (χ4n) is 2.53. The highest BCUT2D eigenvalue weighted by atomic mass is 32.2. The minimum atomic E-state index is -3.09. The summed E-state index contributed by atoms with van der Waals surface area (Å²) >= 11 is 1.44. The van der Waals surface area contributed by atoms with E-state index in [4.69, 9.17) is 8.71 Å². The summed E-state index contributed by atoms with van der Waals surface area (Å²) < 4.78 is 24.5. The fraction of sp³-hybridized carbons (Fsp3) is 0.294. The standard InChI is InChI=1S/C17H20NO3PS/c1-2-20-23-13-7-12-18-22(19)17-11-6-4-9-15(17)14-8-3-5-10-16(14)21-22/h3-6,8-11H,2,7,12-13H2,1H3,(H,18,19). The van der Waals surface area contributed by atoms with Crippen molar-refractivity contribution in [1.29, 1.82) is 0 Å². The molecule has 122 valence electrons. The lowest BCUT2D eigenvalue weighted by Gasteiger charge is -2.28. The predicted octanol–water partition coefficient (Wildman–Crippen LogP) is 4.23. The molecule has 1 aliphatic heterocycles. The molecule has 0 bridgehead atoms. The molecule has 0 radical (unpaired) electrons. The smallest absolute Gasteiger partial charge is 0.347 e. The Morgan fingerprint density at radius 2 is 1.87 bits per heavy atom. The van der Waals surface area contributed by atoms with Crippen LogP contribution in [0.25, 0.3) is 11.1 Å². The molecule has 0 spiro atoms. The van der Waals surface area contributed by atoms with Gasteiger partial charge in [-0.25, -0.2) is 5.09 Å². The summed E-state index contributed by atoms with van der Waals surface area (Å²) in [7, 11) is -3.09. The number of hydrogen-bond acceptors (Lipinski definition) is 4. The average Bonchev–Trinajstić information content (AvgIpc) is 2.58. The Labute approximate surface area is 141 Å². The van der Waals surface area contributed by atoms with Gasteiger partial charge < -0.3 is 8.71 Å². The van der Waals surface area contributed by atoms with Crippen molar-refractivity contribution in [2.75, 3.05) is 18.9 Å². The van der Waals surface area contributed by atoms with Crippen molar-refractivity contribution >= 4 is 24.9 Å². The highest BCUT2D eigenvalue weighted by Gasteiger charge is 2.35. The molecule has 1 aliphatic rings. The summed E-state index contributed by atoms with van der Waals surface area (Å²) in [5, 5.41) is 3.88. The van der Waals surface area contributed by atoms with Crippen LogP contribution in [-0.2, 0) is 8.75 Å². The van der Waals surface area contributed by atoms with Gasteiger partial charge in [0.2, 0.25) is 0 Å². The predicted molar refractivity (Wildman–Crippen MR) is 96.5 cm³/mol. The van der Waals surface area contributed by atoms with Crippen molar-refractivity contribution in [1.82, 2.24) is 5.09 Å². The van der Waals surface area contributed by atoms with Crippen LogP contribution in [0.15, 0.2) is 48.5 Å². The first-order valence-electron chi connectivity index (χ1n) is 7.73. The van der Waals surface area contributed by atoms with Crippen molar-refractivity contribution in [3.63, 3.8) is 0 Å². The molecular formula is C17H20NO3PS. The number of nitrogens with one attached hydrogen (secondary N) is 1. The van der Waals surface area contributed by atoms with Crippen LogP contribution < -0.4 is 14.9 Å². The van der Waals surface area contributed by atoms with Gasteiger partial charge in [0, 0.05) is 23.4 Å². The summed E-state index contributed by atoms with van der Waals surface area (Å²) in [6.45, 7) is 3.28. The van der Waals surface area contributed by atoms with Gasteiger partial charge >= 0.3 is 7.52 Å². The van der Waals surface area contributed by atoms with Crippen molar-refractivity contribution in [2.45, 2.75) is 13.3 Å². The van der Waals surface area contributed by atoms with Gasteiger partial charge in [0.05, 0.1) is 11.9 Å². The zero-order valence-electron chi connectivity index (χ0n) is 13.0. The molecule has 1 unspecified atom stereocenters. The highest BCUT2D eigenvalue weighted by Crippen LogP contribution is 2.51. The quantitative estimate of drug-likeness (QED) is 0.460. The topological polar surface area (TPSA) is 47.6 Å². The van der Waals surface area contributed by atoms with Crippen LogP contribution >= 0.6 is 19.6 Å². The third-order valence-corrected chi connectivity index (χ3v) is 6.53. The SMILES string of the molecule is CCOSCCCNP1(=O)Oc2ccccc2-c2ccccc21. The minimum Gasteiger partial charge on any atom is -0.429 e. The van der Waals surface area contributed by atoms with Gasteiger partial charge in [0.25, 0.3) is 0 Å². The molecule has 2 aromatic rings. The third-order valence-electron chi connectivity index (χ3n) is 3.55. The summed E-state index contributed by atoms with van der Waals surface area (Å²) in [5.41, 5.74) is 1.97. The average molecular weight is 349 g/mol. The van der Waals surface area contributed by atoms with E-state index in [2.05, 4.69) is 5.09 Å². The molecule has 1 atom stereocenters. The van der Waals surface area contributed by atoms with E-state index in [0.717, 1.165) is 28.6 Å². The van der Waals surface area contributed by atoms with E-state index in [0.29, 0.717) is 18.9 Å². The summed E-state index contributed by atoms with van der Waals surface area (Å²) in [5.74, 6) is 1.53. The van der Waals surface area contributed by atoms with Crippen molar-refractivity contribution in [2.24, 2.45) is 0 Å². The number of hydrogen-bond donors (Lipinski definition) is 1. The van der Waals surface area contributed by atoms with Crippen LogP contribution in [0.4, 0.5) is 0 Å². The molecule has 1 heterocycles. The lowest BCUT2D eigenvalue weighted by atomic mass is 10.0. The Kier molecular flexibility index (Phi) is 5.44. The molecule has 0 saturated carbocycles. The Balaban J connectivity index is 1.77. The summed E-state index contributed by atoms with van der Waals surface area (Å²) in [4.78, 5) is 0.